The van der Waals surface area contributed by atoms with Gasteiger partial charge in [0.15, 0.2) is 0 Å². The van der Waals surface area contributed by atoms with E-state index < -0.39 is 0 Å². The molecule has 0 unspecified atom stereocenters. The molecule has 2 aromatic carbocycles. The lowest BCUT2D eigenvalue weighted by atomic mass is 10.0. The van der Waals surface area contributed by atoms with Gasteiger partial charge in [0, 0.05) is 32.0 Å². The van der Waals surface area contributed by atoms with Crippen molar-refractivity contribution in [3.63, 3.8) is 0 Å². The zero-order chi connectivity index (χ0) is 17.5. The molecule has 0 aromatic heterocycles. The Morgan fingerprint density at radius 1 is 0.958 bits per heavy atom. The Kier molecular flexibility index (Phi) is 6.24. The average molecular weight is 325 g/mol. The number of nitrogens with one attached hydrogen (secondary N) is 2. The molecule has 0 heterocycles. The molecule has 2 amide bonds. The largest absolute Gasteiger partial charge is 0.378 e. The van der Waals surface area contributed by atoms with Crippen LogP contribution in [-0.4, -0.2) is 20.1 Å². The first-order valence-electron chi connectivity index (χ1n) is 8.47. The summed E-state index contributed by atoms with van der Waals surface area (Å²) in [6.45, 7) is 4.71. The zero-order valence-corrected chi connectivity index (χ0v) is 15.0. The quantitative estimate of drug-likeness (QED) is 0.836. The Morgan fingerprint density at radius 3 is 2.04 bits per heavy atom. The van der Waals surface area contributed by atoms with Crippen molar-refractivity contribution in [2.24, 2.45) is 0 Å². The minimum atomic E-state index is -0.165. The van der Waals surface area contributed by atoms with Crippen LogP contribution >= 0.6 is 0 Å². The van der Waals surface area contributed by atoms with Crippen molar-refractivity contribution < 1.29 is 4.79 Å². The van der Waals surface area contributed by atoms with Crippen LogP contribution in [-0.2, 0) is 19.4 Å². The number of carbonyl (C=O) groups is 1. The van der Waals surface area contributed by atoms with Gasteiger partial charge in [-0.15, -0.1) is 0 Å². The molecule has 0 saturated heterocycles. The van der Waals surface area contributed by atoms with Gasteiger partial charge in [-0.05, 0) is 41.7 Å². The molecule has 128 valence electrons. The molecule has 2 rings (SSSR count). The number of aryl methyl sites for hydroxylation is 2. The summed E-state index contributed by atoms with van der Waals surface area (Å²) in [7, 11) is 4.02. The average Bonchev–Trinajstić information content (AvgIpc) is 2.60. The van der Waals surface area contributed by atoms with E-state index in [1.165, 1.54) is 11.1 Å². The minimum absolute atomic E-state index is 0.165. The highest BCUT2D eigenvalue weighted by molar-refractivity contribution is 5.91. The van der Waals surface area contributed by atoms with Gasteiger partial charge in [0.2, 0.25) is 0 Å². The van der Waals surface area contributed by atoms with Crippen LogP contribution in [0.2, 0.25) is 0 Å². The monoisotopic (exact) mass is 325 g/mol. The van der Waals surface area contributed by atoms with Gasteiger partial charge in [-0.25, -0.2) is 4.79 Å². The van der Waals surface area contributed by atoms with Gasteiger partial charge >= 0.3 is 6.03 Å². The Labute approximate surface area is 144 Å². The summed E-state index contributed by atoms with van der Waals surface area (Å²) in [5.74, 6) is 0. The predicted octanol–water partition coefficient (Wildman–Crippen LogP) is 4.20. The Hall–Kier alpha value is -2.49. The van der Waals surface area contributed by atoms with Crippen LogP contribution in [0.15, 0.2) is 42.5 Å². The fourth-order valence-corrected chi connectivity index (χ4v) is 2.66. The number of para-hydroxylation sites is 1. The molecule has 2 aromatic rings. The second-order valence-electron chi connectivity index (χ2n) is 6.03. The molecular weight excluding hydrogens is 298 g/mol. The molecule has 0 atom stereocenters. The molecule has 24 heavy (non-hydrogen) atoms. The number of nitrogens with zero attached hydrogens (tertiary/aromatic N) is 1. The summed E-state index contributed by atoms with van der Waals surface area (Å²) in [4.78, 5) is 14.3. The second-order valence-corrected chi connectivity index (χ2v) is 6.03. The van der Waals surface area contributed by atoms with Gasteiger partial charge in [0.05, 0.1) is 0 Å². The maximum Gasteiger partial charge on any atom is 0.319 e. The van der Waals surface area contributed by atoms with E-state index in [0.717, 1.165) is 29.8 Å². The highest BCUT2D eigenvalue weighted by Crippen LogP contribution is 2.22. The van der Waals surface area contributed by atoms with Crippen LogP contribution in [0.1, 0.15) is 30.5 Å². The standard InChI is InChI=1S/C20H27N3O/c1-5-16-8-7-9-17(6-2)19(16)22-20(24)21-14-15-10-12-18(13-11-15)23(3)4/h7-13H,5-6,14H2,1-4H3,(H2,21,22,24). The molecule has 2 N–H and O–H groups in total. The molecule has 0 aliphatic carbocycles. The van der Waals surface area contributed by atoms with Crippen molar-refractivity contribution in [2.75, 3.05) is 24.3 Å². The van der Waals surface area contributed by atoms with E-state index in [1.807, 2.05) is 32.3 Å². The lowest BCUT2D eigenvalue weighted by molar-refractivity contribution is 0.251. The van der Waals surface area contributed by atoms with E-state index in [9.17, 15) is 4.79 Å². The van der Waals surface area contributed by atoms with Crippen LogP contribution in [0, 0.1) is 0 Å². The van der Waals surface area contributed by atoms with E-state index in [4.69, 9.17) is 0 Å². The predicted molar refractivity (Wildman–Crippen MR) is 102 cm³/mol. The lowest BCUT2D eigenvalue weighted by Crippen LogP contribution is -2.29. The van der Waals surface area contributed by atoms with Crippen LogP contribution in [0.5, 0.6) is 0 Å². The van der Waals surface area contributed by atoms with Crippen molar-refractivity contribution in [2.45, 2.75) is 33.2 Å². The van der Waals surface area contributed by atoms with Gasteiger partial charge in [0.25, 0.3) is 0 Å². The number of urea groups is 1. The highest BCUT2D eigenvalue weighted by atomic mass is 16.2. The van der Waals surface area contributed by atoms with E-state index >= 15 is 0 Å². The molecule has 0 radical (unpaired) electrons. The highest BCUT2D eigenvalue weighted by Gasteiger charge is 2.09. The van der Waals surface area contributed by atoms with Crippen molar-refractivity contribution in [3.8, 4) is 0 Å². The first-order valence-corrected chi connectivity index (χ1v) is 8.47. The summed E-state index contributed by atoms with van der Waals surface area (Å²) >= 11 is 0. The first-order chi connectivity index (χ1) is 11.5. The summed E-state index contributed by atoms with van der Waals surface area (Å²) in [6.07, 6.45) is 1.80. The molecule has 4 heteroatoms. The zero-order valence-electron chi connectivity index (χ0n) is 15.0. The van der Waals surface area contributed by atoms with Gasteiger partial charge in [-0.1, -0.05) is 44.2 Å². The number of anilines is 2. The molecule has 0 aliphatic rings. The van der Waals surface area contributed by atoms with Crippen LogP contribution < -0.4 is 15.5 Å². The van der Waals surface area contributed by atoms with Crippen LogP contribution in [0.3, 0.4) is 0 Å². The maximum atomic E-state index is 12.3. The number of carbonyl (C=O) groups excluding carboxylic acids is 1. The fraction of sp³-hybridized carbons (Fsp3) is 0.350. The van der Waals surface area contributed by atoms with Crippen LogP contribution in [0.4, 0.5) is 16.2 Å². The molecule has 0 bridgehead atoms. The maximum absolute atomic E-state index is 12.3. The molecular formula is C20H27N3O. The molecule has 0 aliphatic heterocycles. The summed E-state index contributed by atoms with van der Waals surface area (Å²) < 4.78 is 0. The van der Waals surface area contributed by atoms with E-state index in [0.29, 0.717) is 6.54 Å². The first kappa shape index (κ1) is 17.9. The number of hydrogen-bond donors (Lipinski definition) is 2. The van der Waals surface area contributed by atoms with E-state index in [-0.39, 0.29) is 6.03 Å². The third-order valence-corrected chi connectivity index (χ3v) is 4.14. The Morgan fingerprint density at radius 2 is 1.54 bits per heavy atom. The van der Waals surface area contributed by atoms with E-state index in [2.05, 4.69) is 53.6 Å². The Balaban J connectivity index is 1.99. The number of hydrogen-bond acceptors (Lipinski definition) is 2. The van der Waals surface area contributed by atoms with Gasteiger partial charge in [-0.2, -0.15) is 0 Å². The molecule has 0 fully saturated rings. The normalized spacial score (nSPS) is 10.3. The van der Waals surface area contributed by atoms with Gasteiger partial charge in [0.1, 0.15) is 0 Å². The van der Waals surface area contributed by atoms with Crippen molar-refractivity contribution in [1.82, 2.24) is 5.32 Å². The minimum Gasteiger partial charge on any atom is -0.378 e. The smallest absolute Gasteiger partial charge is 0.319 e. The van der Waals surface area contributed by atoms with Crippen LogP contribution in [0.25, 0.3) is 0 Å². The number of benzene rings is 2. The topological polar surface area (TPSA) is 44.4 Å². The second kappa shape index (κ2) is 8.39. The van der Waals surface area contributed by atoms with Gasteiger partial charge < -0.3 is 15.5 Å². The lowest BCUT2D eigenvalue weighted by Gasteiger charge is -2.15. The van der Waals surface area contributed by atoms with E-state index in [1.54, 1.807) is 0 Å². The number of amides is 2. The van der Waals surface area contributed by atoms with Crippen molar-refractivity contribution in [3.05, 3.63) is 59.2 Å². The van der Waals surface area contributed by atoms with Crippen molar-refractivity contribution >= 4 is 17.4 Å². The fourth-order valence-electron chi connectivity index (χ4n) is 2.66. The summed E-state index contributed by atoms with van der Waals surface area (Å²) in [6, 6.07) is 14.2. The number of rotatable bonds is 6. The molecule has 4 nitrogen and oxygen atoms in total. The van der Waals surface area contributed by atoms with Crippen molar-refractivity contribution in [1.29, 1.82) is 0 Å². The third-order valence-electron chi connectivity index (χ3n) is 4.14. The molecule has 0 spiro atoms. The summed E-state index contributed by atoms with van der Waals surface area (Å²) in [5, 5.41) is 5.96. The SMILES string of the molecule is CCc1cccc(CC)c1NC(=O)NCc1ccc(N(C)C)cc1. The van der Waals surface area contributed by atoms with Gasteiger partial charge in [-0.3, -0.25) is 0 Å². The molecule has 0 saturated carbocycles. The third kappa shape index (κ3) is 4.51. The Bertz CT molecular complexity index is 656. The summed E-state index contributed by atoms with van der Waals surface area (Å²) in [5.41, 5.74) is 5.51.